The first-order valence-corrected chi connectivity index (χ1v) is 17.9. The molecule has 0 aromatic heterocycles. The van der Waals surface area contributed by atoms with Gasteiger partial charge in [0.25, 0.3) is 0 Å². The average Bonchev–Trinajstić information content (AvgIpc) is 2.94. The fourth-order valence-corrected chi connectivity index (χ4v) is 9.21. The number of anilines is 1. The summed E-state index contributed by atoms with van der Waals surface area (Å²) in [5, 5.41) is 3.00. The third kappa shape index (κ3) is 7.08. The van der Waals surface area contributed by atoms with E-state index in [0.717, 1.165) is 29.6 Å². The Bertz CT molecular complexity index is 1410. The zero-order chi connectivity index (χ0) is 31.9. The number of nitrogens with zero attached hydrogens (tertiary/aromatic N) is 2. The predicted molar refractivity (Wildman–Crippen MR) is 174 cm³/mol. The first-order valence-electron chi connectivity index (χ1n) is 16.0. The summed E-state index contributed by atoms with van der Waals surface area (Å²) < 4.78 is 32.8. The van der Waals surface area contributed by atoms with Crippen LogP contribution in [0.2, 0.25) is 0 Å². The van der Waals surface area contributed by atoms with Crippen LogP contribution in [0.1, 0.15) is 83.8 Å². The summed E-state index contributed by atoms with van der Waals surface area (Å²) in [5.41, 5.74) is 2.28. The van der Waals surface area contributed by atoms with Crippen molar-refractivity contribution in [2.45, 2.75) is 96.2 Å². The summed E-state index contributed by atoms with van der Waals surface area (Å²) in [6.07, 6.45) is 9.27. The molecule has 4 fully saturated rings. The molecule has 1 N–H and O–H groups in total. The lowest BCUT2D eigenvalue weighted by atomic mass is 9.48. The average molecular weight is 624 g/mol. The topological polar surface area (TPSA) is 96.0 Å². The smallest absolute Gasteiger partial charge is 0.244 e. The number of carbonyl (C=O) groups excluding carboxylic acids is 2. The second kappa shape index (κ2) is 12.4. The predicted octanol–water partition coefficient (Wildman–Crippen LogP) is 5.65. The Labute approximate surface area is 263 Å². The van der Waals surface area contributed by atoms with Crippen LogP contribution in [-0.4, -0.2) is 56.6 Å². The normalized spacial score (nSPS) is 24.9. The number of carbonyl (C=O) groups is 2. The summed E-state index contributed by atoms with van der Waals surface area (Å²) in [6, 6.07) is 14.4. The quantitative estimate of drug-likeness (QED) is 0.349. The minimum atomic E-state index is -3.80. The van der Waals surface area contributed by atoms with Gasteiger partial charge in [-0.3, -0.25) is 13.9 Å². The summed E-state index contributed by atoms with van der Waals surface area (Å²) in [5.74, 6) is 2.41. The van der Waals surface area contributed by atoms with Crippen molar-refractivity contribution in [2.75, 3.05) is 24.2 Å². The lowest BCUT2D eigenvalue weighted by Gasteiger charge is -2.57. The second-order valence-electron chi connectivity index (χ2n) is 14.5. The van der Waals surface area contributed by atoms with E-state index in [9.17, 15) is 18.0 Å². The second-order valence-corrected chi connectivity index (χ2v) is 16.5. The molecule has 4 aliphatic carbocycles. The van der Waals surface area contributed by atoms with Gasteiger partial charge in [0.2, 0.25) is 21.8 Å². The minimum Gasteiger partial charge on any atom is -0.497 e. The molecule has 2 aromatic rings. The van der Waals surface area contributed by atoms with E-state index in [-0.39, 0.29) is 17.9 Å². The highest BCUT2D eigenvalue weighted by Gasteiger charge is 2.51. The van der Waals surface area contributed by atoms with Crippen LogP contribution >= 0.6 is 0 Å². The van der Waals surface area contributed by atoms with Crippen LogP contribution < -0.4 is 14.4 Å². The maximum absolute atomic E-state index is 14.1. The lowest BCUT2D eigenvalue weighted by molar-refractivity contribution is -0.141. The Morgan fingerprint density at radius 2 is 1.50 bits per heavy atom. The molecule has 9 heteroatoms. The standard InChI is InChI=1S/C35H49N3O5S/c1-7-31(33(40)36-34(2,3)4)37(22-24-8-14-30(43-5)15-9-24)32(39)23-38(44(6,41)42)29-12-10-28(11-13-29)35-19-25-16-26(20-35)18-27(17-25)21-35/h8-15,25-27,31H,7,16-23H2,1-6H3,(H,36,40). The van der Waals surface area contributed by atoms with Crippen molar-refractivity contribution in [3.05, 3.63) is 59.7 Å². The van der Waals surface area contributed by atoms with Gasteiger partial charge in [-0.25, -0.2) is 8.42 Å². The van der Waals surface area contributed by atoms with Gasteiger partial charge in [-0.15, -0.1) is 0 Å². The minimum absolute atomic E-state index is 0.154. The Morgan fingerprint density at radius 1 is 0.955 bits per heavy atom. The molecule has 0 heterocycles. The SMILES string of the molecule is CCC(C(=O)NC(C)(C)C)N(Cc1ccc(OC)cc1)C(=O)CN(c1ccc(C23CC4CC(CC(C4)C2)C3)cc1)S(C)(=O)=O. The van der Waals surface area contributed by atoms with Crippen LogP contribution in [-0.2, 0) is 31.6 Å². The Morgan fingerprint density at radius 3 is 1.95 bits per heavy atom. The molecule has 1 unspecified atom stereocenters. The molecule has 4 saturated carbocycles. The summed E-state index contributed by atoms with van der Waals surface area (Å²) in [7, 11) is -2.21. The number of hydrogen-bond donors (Lipinski definition) is 1. The Balaban J connectivity index is 1.41. The zero-order valence-corrected chi connectivity index (χ0v) is 28.0. The molecule has 0 radical (unpaired) electrons. The number of rotatable bonds is 11. The molecule has 44 heavy (non-hydrogen) atoms. The molecule has 0 saturated heterocycles. The van der Waals surface area contributed by atoms with Crippen LogP contribution in [0, 0.1) is 17.8 Å². The number of methoxy groups -OCH3 is 1. The Kier molecular flexibility index (Phi) is 9.09. The van der Waals surface area contributed by atoms with Crippen molar-refractivity contribution in [2.24, 2.45) is 17.8 Å². The first-order chi connectivity index (χ1) is 20.7. The summed E-state index contributed by atoms with van der Waals surface area (Å²) >= 11 is 0. The number of hydrogen-bond acceptors (Lipinski definition) is 5. The van der Waals surface area contributed by atoms with Gasteiger partial charge < -0.3 is 15.0 Å². The highest BCUT2D eigenvalue weighted by atomic mass is 32.2. The van der Waals surface area contributed by atoms with Crippen LogP contribution in [0.25, 0.3) is 0 Å². The molecule has 2 amide bonds. The summed E-state index contributed by atoms with van der Waals surface area (Å²) in [6.45, 7) is 7.30. The third-order valence-corrected chi connectivity index (χ3v) is 11.0. The molecule has 4 bridgehead atoms. The fraction of sp³-hybridized carbons (Fsp3) is 0.600. The van der Waals surface area contributed by atoms with Crippen LogP contribution in [0.4, 0.5) is 5.69 Å². The maximum Gasteiger partial charge on any atom is 0.244 e. The van der Waals surface area contributed by atoms with E-state index in [2.05, 4.69) is 17.4 Å². The highest BCUT2D eigenvalue weighted by molar-refractivity contribution is 7.92. The largest absolute Gasteiger partial charge is 0.497 e. The number of ether oxygens (including phenoxy) is 1. The van der Waals surface area contributed by atoms with Gasteiger partial charge in [0.05, 0.1) is 19.1 Å². The number of sulfonamides is 1. The first kappa shape index (κ1) is 32.3. The van der Waals surface area contributed by atoms with Gasteiger partial charge in [0.1, 0.15) is 18.3 Å². The van der Waals surface area contributed by atoms with E-state index in [1.807, 2.05) is 64.1 Å². The van der Waals surface area contributed by atoms with Gasteiger partial charge in [0.15, 0.2) is 0 Å². The van der Waals surface area contributed by atoms with Crippen molar-refractivity contribution >= 4 is 27.5 Å². The van der Waals surface area contributed by atoms with Crippen molar-refractivity contribution in [3.63, 3.8) is 0 Å². The van der Waals surface area contributed by atoms with E-state index in [4.69, 9.17) is 4.74 Å². The van der Waals surface area contributed by atoms with E-state index in [1.54, 1.807) is 7.11 Å². The van der Waals surface area contributed by atoms with E-state index in [0.29, 0.717) is 17.9 Å². The number of amides is 2. The van der Waals surface area contributed by atoms with E-state index < -0.39 is 34.1 Å². The number of nitrogens with one attached hydrogen (secondary N) is 1. The van der Waals surface area contributed by atoms with Gasteiger partial charge >= 0.3 is 0 Å². The zero-order valence-electron chi connectivity index (χ0n) is 27.1. The molecule has 1 atom stereocenters. The van der Waals surface area contributed by atoms with Gasteiger partial charge in [0, 0.05) is 12.1 Å². The molecule has 2 aromatic carbocycles. The van der Waals surface area contributed by atoms with Crippen molar-refractivity contribution < 1.29 is 22.7 Å². The van der Waals surface area contributed by atoms with Crippen LogP contribution in [0.3, 0.4) is 0 Å². The van der Waals surface area contributed by atoms with Crippen LogP contribution in [0.5, 0.6) is 5.75 Å². The molecular formula is C35H49N3O5S. The molecule has 6 rings (SSSR count). The molecule has 8 nitrogen and oxygen atoms in total. The van der Waals surface area contributed by atoms with E-state index in [1.165, 1.54) is 53.3 Å². The van der Waals surface area contributed by atoms with Gasteiger partial charge in [-0.2, -0.15) is 0 Å². The van der Waals surface area contributed by atoms with E-state index >= 15 is 0 Å². The number of benzene rings is 2. The monoisotopic (exact) mass is 623 g/mol. The van der Waals surface area contributed by atoms with Crippen LogP contribution in [0.15, 0.2) is 48.5 Å². The molecule has 240 valence electrons. The maximum atomic E-state index is 14.1. The molecular weight excluding hydrogens is 574 g/mol. The van der Waals surface area contributed by atoms with Crippen molar-refractivity contribution in [1.29, 1.82) is 0 Å². The fourth-order valence-electron chi connectivity index (χ4n) is 8.36. The summed E-state index contributed by atoms with van der Waals surface area (Å²) in [4.78, 5) is 29.0. The highest BCUT2D eigenvalue weighted by Crippen LogP contribution is 2.60. The molecule has 4 aliphatic rings. The lowest BCUT2D eigenvalue weighted by Crippen LogP contribution is -2.55. The van der Waals surface area contributed by atoms with Crippen molar-refractivity contribution in [1.82, 2.24) is 10.2 Å². The van der Waals surface area contributed by atoms with Gasteiger partial charge in [-0.1, -0.05) is 31.2 Å². The molecule has 0 spiro atoms. The molecule has 0 aliphatic heterocycles. The van der Waals surface area contributed by atoms with Crippen molar-refractivity contribution in [3.8, 4) is 5.75 Å². The Hall–Kier alpha value is -3.07. The van der Waals surface area contributed by atoms with Gasteiger partial charge in [-0.05, 0) is 124 Å². The third-order valence-electron chi connectivity index (χ3n) is 9.88.